The number of hydrogen-bond acceptors (Lipinski definition) is 2. The maximum absolute atomic E-state index is 6.04. The second-order valence-electron chi connectivity index (χ2n) is 4.57. The third-order valence-corrected chi connectivity index (χ3v) is 3.47. The summed E-state index contributed by atoms with van der Waals surface area (Å²) in [5, 5.41) is 4.33. The minimum absolute atomic E-state index is 0.230. The number of aryl methyl sites for hydroxylation is 1. The van der Waals surface area contributed by atoms with Crippen LogP contribution in [-0.4, -0.2) is 15.8 Å². The van der Waals surface area contributed by atoms with Gasteiger partial charge in [0.05, 0.1) is 6.20 Å². The lowest BCUT2D eigenvalue weighted by atomic mass is 9.75. The Kier molecular flexibility index (Phi) is 2.35. The van der Waals surface area contributed by atoms with E-state index in [0.717, 1.165) is 6.42 Å². The van der Waals surface area contributed by atoms with E-state index in [1.165, 1.54) is 17.7 Å². The van der Waals surface area contributed by atoms with Gasteiger partial charge in [-0.25, -0.2) is 0 Å². The van der Waals surface area contributed by atoms with E-state index in [2.05, 4.69) is 18.9 Å². The number of hydrogen-bond donors (Lipinski definition) is 1. The number of fused-ring (bicyclic) bond motifs is 1. The minimum atomic E-state index is 0.230. The van der Waals surface area contributed by atoms with Gasteiger partial charge < -0.3 is 5.73 Å². The van der Waals surface area contributed by atoms with E-state index in [9.17, 15) is 0 Å². The Morgan fingerprint density at radius 3 is 3.00 bits per heavy atom. The summed E-state index contributed by atoms with van der Waals surface area (Å²) in [5.41, 5.74) is 8.80. The molecular formula is C11H19N3. The molecule has 0 saturated carbocycles. The largest absolute Gasteiger partial charge is 0.327 e. The fourth-order valence-electron chi connectivity index (χ4n) is 2.72. The first-order valence-electron chi connectivity index (χ1n) is 5.37. The van der Waals surface area contributed by atoms with Crippen molar-refractivity contribution in [3.05, 3.63) is 17.5 Å². The van der Waals surface area contributed by atoms with E-state index >= 15 is 0 Å². The summed E-state index contributed by atoms with van der Waals surface area (Å²) in [4.78, 5) is 0. The smallest absolute Gasteiger partial charge is 0.0528 e. The zero-order valence-electron chi connectivity index (χ0n) is 9.20. The van der Waals surface area contributed by atoms with Crippen LogP contribution < -0.4 is 5.73 Å². The molecule has 0 aliphatic heterocycles. The molecule has 3 atom stereocenters. The highest BCUT2D eigenvalue weighted by Crippen LogP contribution is 2.37. The maximum Gasteiger partial charge on any atom is 0.0528 e. The average Bonchev–Trinajstić information content (AvgIpc) is 2.47. The van der Waals surface area contributed by atoms with Gasteiger partial charge in [-0.05, 0) is 31.2 Å². The van der Waals surface area contributed by atoms with Crippen LogP contribution in [0.2, 0.25) is 0 Å². The number of nitrogens with two attached hydrogens (primary N) is 1. The van der Waals surface area contributed by atoms with E-state index in [1.807, 2.05) is 17.9 Å². The third kappa shape index (κ3) is 1.36. The van der Waals surface area contributed by atoms with Crippen LogP contribution in [0.4, 0.5) is 0 Å². The highest BCUT2D eigenvalue weighted by molar-refractivity contribution is 5.27. The molecule has 1 aromatic rings. The molecule has 3 heteroatoms. The van der Waals surface area contributed by atoms with Crippen molar-refractivity contribution in [1.29, 1.82) is 0 Å². The number of aromatic nitrogens is 2. The first-order chi connectivity index (χ1) is 6.61. The second kappa shape index (κ2) is 3.39. The van der Waals surface area contributed by atoms with Gasteiger partial charge in [0.25, 0.3) is 0 Å². The molecule has 0 fully saturated rings. The summed E-state index contributed by atoms with van der Waals surface area (Å²) >= 11 is 0. The van der Waals surface area contributed by atoms with Crippen LogP contribution >= 0.6 is 0 Å². The highest BCUT2D eigenvalue weighted by atomic mass is 15.3. The summed E-state index contributed by atoms with van der Waals surface area (Å²) in [7, 11) is 2.02. The predicted molar refractivity (Wildman–Crippen MR) is 57.1 cm³/mol. The van der Waals surface area contributed by atoms with Gasteiger partial charge in [-0.3, -0.25) is 4.68 Å². The van der Waals surface area contributed by atoms with Gasteiger partial charge in [-0.15, -0.1) is 0 Å². The predicted octanol–water partition coefficient (Wildman–Crippen LogP) is 1.43. The van der Waals surface area contributed by atoms with Crippen molar-refractivity contribution in [1.82, 2.24) is 9.78 Å². The van der Waals surface area contributed by atoms with Gasteiger partial charge in [-0.2, -0.15) is 5.10 Å². The van der Waals surface area contributed by atoms with Crippen molar-refractivity contribution in [3.63, 3.8) is 0 Å². The molecule has 3 nitrogen and oxygen atoms in total. The van der Waals surface area contributed by atoms with Crippen molar-refractivity contribution in [3.8, 4) is 0 Å². The molecule has 2 N–H and O–H groups in total. The number of nitrogens with zero attached hydrogens (tertiary/aromatic N) is 2. The molecule has 2 rings (SSSR count). The van der Waals surface area contributed by atoms with E-state index < -0.39 is 0 Å². The van der Waals surface area contributed by atoms with Crippen molar-refractivity contribution >= 4 is 0 Å². The molecule has 0 saturated heterocycles. The van der Waals surface area contributed by atoms with Gasteiger partial charge in [-0.1, -0.05) is 6.92 Å². The Balaban J connectivity index is 2.42. The van der Waals surface area contributed by atoms with Crippen LogP contribution in [0.15, 0.2) is 6.20 Å². The van der Waals surface area contributed by atoms with Gasteiger partial charge in [0.15, 0.2) is 0 Å². The van der Waals surface area contributed by atoms with E-state index in [-0.39, 0.29) is 6.04 Å². The monoisotopic (exact) mass is 193 g/mol. The molecule has 78 valence electrons. The fourth-order valence-corrected chi connectivity index (χ4v) is 2.72. The molecule has 1 heterocycles. The molecule has 0 amide bonds. The zero-order chi connectivity index (χ0) is 10.3. The van der Waals surface area contributed by atoms with Crippen molar-refractivity contribution in [2.24, 2.45) is 18.7 Å². The summed E-state index contributed by atoms with van der Waals surface area (Å²) < 4.78 is 2.00. The molecule has 0 bridgehead atoms. The molecule has 1 aromatic heterocycles. The highest BCUT2D eigenvalue weighted by Gasteiger charge is 2.31. The average molecular weight is 193 g/mol. The summed E-state index contributed by atoms with van der Waals surface area (Å²) in [6.45, 7) is 4.40. The topological polar surface area (TPSA) is 43.8 Å². The van der Waals surface area contributed by atoms with Crippen LogP contribution in [0.5, 0.6) is 0 Å². The Labute approximate surface area is 85.3 Å². The van der Waals surface area contributed by atoms with Crippen LogP contribution in [0.25, 0.3) is 0 Å². The van der Waals surface area contributed by atoms with Gasteiger partial charge in [0, 0.05) is 24.7 Å². The van der Waals surface area contributed by atoms with Crippen LogP contribution in [-0.2, 0) is 13.5 Å². The molecular weight excluding hydrogens is 174 g/mol. The molecule has 3 unspecified atom stereocenters. The minimum Gasteiger partial charge on any atom is -0.327 e. The zero-order valence-corrected chi connectivity index (χ0v) is 9.20. The lowest BCUT2D eigenvalue weighted by molar-refractivity contribution is 0.357. The Morgan fingerprint density at radius 2 is 2.36 bits per heavy atom. The second-order valence-corrected chi connectivity index (χ2v) is 4.57. The van der Waals surface area contributed by atoms with E-state index in [1.54, 1.807) is 0 Å². The van der Waals surface area contributed by atoms with Gasteiger partial charge in [0.1, 0.15) is 0 Å². The van der Waals surface area contributed by atoms with Gasteiger partial charge >= 0.3 is 0 Å². The first-order valence-corrected chi connectivity index (χ1v) is 5.37. The number of rotatable bonds is 1. The van der Waals surface area contributed by atoms with E-state index in [4.69, 9.17) is 5.73 Å². The Hall–Kier alpha value is -0.830. The van der Waals surface area contributed by atoms with Crippen molar-refractivity contribution in [2.45, 2.75) is 38.6 Å². The standard InChI is InChI=1S/C11H19N3/c1-7-4-5-10-9(6-13-14(10)3)11(7)8(2)12/h6-8,11H,4-5,12H2,1-3H3. The Morgan fingerprint density at radius 1 is 1.64 bits per heavy atom. The summed E-state index contributed by atoms with van der Waals surface area (Å²) in [5.74, 6) is 1.18. The van der Waals surface area contributed by atoms with Crippen molar-refractivity contribution < 1.29 is 0 Å². The summed E-state index contributed by atoms with van der Waals surface area (Å²) in [6.07, 6.45) is 4.38. The first kappa shape index (κ1) is 9.71. The summed E-state index contributed by atoms with van der Waals surface area (Å²) in [6, 6.07) is 0.230. The van der Waals surface area contributed by atoms with Crippen LogP contribution in [0.1, 0.15) is 37.4 Å². The lowest BCUT2D eigenvalue weighted by Crippen LogP contribution is -2.32. The molecule has 0 aromatic carbocycles. The molecule has 14 heavy (non-hydrogen) atoms. The molecule has 1 aliphatic rings. The molecule has 1 aliphatic carbocycles. The molecule has 0 radical (unpaired) electrons. The van der Waals surface area contributed by atoms with Gasteiger partial charge in [0.2, 0.25) is 0 Å². The lowest BCUT2D eigenvalue weighted by Gasteiger charge is -2.31. The third-order valence-electron chi connectivity index (χ3n) is 3.47. The Bertz CT molecular complexity index is 327. The van der Waals surface area contributed by atoms with Crippen LogP contribution in [0.3, 0.4) is 0 Å². The normalized spacial score (nSPS) is 28.6. The van der Waals surface area contributed by atoms with Crippen LogP contribution in [0, 0.1) is 5.92 Å². The SMILES string of the molecule is CC(N)C1c2cnn(C)c2CCC1C. The maximum atomic E-state index is 6.04. The van der Waals surface area contributed by atoms with E-state index in [0.29, 0.717) is 11.8 Å². The quantitative estimate of drug-likeness (QED) is 0.733. The van der Waals surface area contributed by atoms with Crippen molar-refractivity contribution in [2.75, 3.05) is 0 Å². The molecule has 0 spiro atoms. The fraction of sp³-hybridized carbons (Fsp3) is 0.727.